The summed E-state index contributed by atoms with van der Waals surface area (Å²) in [6.45, 7) is 7.67. The third kappa shape index (κ3) is 42.6. The van der Waals surface area contributed by atoms with Gasteiger partial charge in [0.05, 0.1) is 6.61 Å². The first kappa shape index (κ1) is 51.9. The molecule has 0 spiro atoms. The Morgan fingerprint density at radius 2 is 0.833 bits per heavy atom. The minimum absolute atomic E-state index is 0.0691. The first-order chi connectivity index (χ1) is 26.6. The quantitative estimate of drug-likeness (QED) is 0.0353. The van der Waals surface area contributed by atoms with Crippen molar-refractivity contribution < 1.29 is 23.8 Å². The lowest BCUT2D eigenvalue weighted by atomic mass is 10.1. The van der Waals surface area contributed by atoms with E-state index < -0.39 is 6.10 Å². The lowest BCUT2D eigenvalue weighted by molar-refractivity contribution is -0.163. The summed E-state index contributed by atoms with van der Waals surface area (Å²) in [7, 11) is 0. The Bertz CT molecular complexity index is 904. The van der Waals surface area contributed by atoms with Crippen molar-refractivity contribution in [2.45, 2.75) is 232 Å². The van der Waals surface area contributed by atoms with Gasteiger partial charge < -0.3 is 14.2 Å². The van der Waals surface area contributed by atoms with Crippen LogP contribution in [0.4, 0.5) is 0 Å². The molecule has 0 radical (unpaired) electrons. The van der Waals surface area contributed by atoms with Gasteiger partial charge in [0.2, 0.25) is 0 Å². The van der Waals surface area contributed by atoms with Gasteiger partial charge in [-0.25, -0.2) is 0 Å². The maximum absolute atomic E-state index is 12.7. The first-order valence-electron chi connectivity index (χ1n) is 23.2. The van der Waals surface area contributed by atoms with E-state index >= 15 is 0 Å². The zero-order valence-corrected chi connectivity index (χ0v) is 36.0. The topological polar surface area (TPSA) is 61.8 Å². The summed E-state index contributed by atoms with van der Waals surface area (Å²) in [5.74, 6) is -0.436. The van der Waals surface area contributed by atoms with E-state index in [1.807, 2.05) is 0 Å². The van der Waals surface area contributed by atoms with Crippen LogP contribution in [0.15, 0.2) is 48.6 Å². The van der Waals surface area contributed by atoms with Crippen molar-refractivity contribution in [1.82, 2.24) is 0 Å². The Hall–Kier alpha value is -2.14. The maximum atomic E-state index is 12.7. The van der Waals surface area contributed by atoms with E-state index in [4.69, 9.17) is 14.2 Å². The van der Waals surface area contributed by atoms with Crippen LogP contribution in [0.25, 0.3) is 0 Å². The van der Waals surface area contributed by atoms with E-state index in [1.165, 1.54) is 109 Å². The number of hydrogen-bond donors (Lipinski definition) is 0. The van der Waals surface area contributed by atoms with Crippen molar-refractivity contribution in [2.24, 2.45) is 0 Å². The molecule has 0 aromatic rings. The molecule has 0 aromatic carbocycles. The highest BCUT2D eigenvalue weighted by Gasteiger charge is 2.17. The number of unbranched alkanes of at least 4 members (excludes halogenated alkanes) is 23. The predicted octanol–water partition coefficient (Wildman–Crippen LogP) is 15.2. The fourth-order valence-electron chi connectivity index (χ4n) is 6.40. The van der Waals surface area contributed by atoms with E-state index in [0.29, 0.717) is 19.4 Å². The summed E-state index contributed by atoms with van der Waals surface area (Å²) in [6, 6.07) is 0. The molecule has 0 aromatic heterocycles. The summed E-state index contributed by atoms with van der Waals surface area (Å²) < 4.78 is 17.3. The van der Waals surface area contributed by atoms with Crippen molar-refractivity contribution in [3.63, 3.8) is 0 Å². The third-order valence-corrected chi connectivity index (χ3v) is 9.85. The number of carbonyl (C=O) groups is 2. The zero-order valence-electron chi connectivity index (χ0n) is 36.0. The number of rotatable bonds is 42. The second-order valence-electron chi connectivity index (χ2n) is 15.3. The highest BCUT2D eigenvalue weighted by molar-refractivity contribution is 5.70. The van der Waals surface area contributed by atoms with Gasteiger partial charge in [0.15, 0.2) is 6.10 Å². The van der Waals surface area contributed by atoms with Crippen LogP contribution >= 0.6 is 0 Å². The van der Waals surface area contributed by atoms with Gasteiger partial charge in [0.25, 0.3) is 0 Å². The normalized spacial score (nSPS) is 12.6. The predicted molar refractivity (Wildman–Crippen MR) is 233 cm³/mol. The molecule has 0 heterocycles. The molecule has 0 aliphatic carbocycles. The number of esters is 2. The highest BCUT2D eigenvalue weighted by atomic mass is 16.6. The van der Waals surface area contributed by atoms with Gasteiger partial charge in [-0.15, -0.1) is 0 Å². The average Bonchev–Trinajstić information content (AvgIpc) is 3.17. The van der Waals surface area contributed by atoms with Crippen LogP contribution in [0.3, 0.4) is 0 Å². The van der Waals surface area contributed by atoms with Gasteiger partial charge >= 0.3 is 11.9 Å². The lowest BCUT2D eigenvalue weighted by Gasteiger charge is -2.18. The van der Waals surface area contributed by atoms with Gasteiger partial charge in [-0.3, -0.25) is 9.59 Å². The van der Waals surface area contributed by atoms with E-state index in [1.54, 1.807) is 0 Å². The van der Waals surface area contributed by atoms with Crippen LogP contribution in [0.1, 0.15) is 226 Å². The van der Waals surface area contributed by atoms with Crippen molar-refractivity contribution >= 4 is 11.9 Å². The molecule has 0 rings (SSSR count). The number of carbonyl (C=O) groups excluding carboxylic acids is 2. The molecule has 0 aliphatic heterocycles. The Labute approximate surface area is 335 Å². The molecule has 5 nitrogen and oxygen atoms in total. The highest BCUT2D eigenvalue weighted by Crippen LogP contribution is 2.14. The third-order valence-electron chi connectivity index (χ3n) is 9.85. The molecule has 0 fully saturated rings. The summed E-state index contributed by atoms with van der Waals surface area (Å²) in [5, 5.41) is 0. The molecule has 0 aliphatic rings. The minimum Gasteiger partial charge on any atom is -0.462 e. The standard InChI is InChI=1S/C49H88O5/c1-4-7-10-13-16-19-22-25-27-30-33-36-39-42-48(50)53-46-47(45-52-44-41-38-35-32-29-24-21-18-15-12-9-6-3)54-49(51)43-40-37-34-31-28-26-23-20-17-14-11-8-5-2/h7,10,16,19-20,23,25,27,47H,4-6,8-9,11-15,17-18,21-22,24,26,28-46H2,1-3H3/b10-7-,19-16-,23-20-,27-25-. The zero-order chi connectivity index (χ0) is 39.3. The molecular formula is C49H88O5. The first-order valence-corrected chi connectivity index (χ1v) is 23.2. The summed E-state index contributed by atoms with van der Waals surface area (Å²) in [4.78, 5) is 25.2. The molecule has 0 amide bonds. The molecule has 0 saturated heterocycles. The molecule has 0 saturated carbocycles. The summed E-state index contributed by atoms with van der Waals surface area (Å²) >= 11 is 0. The largest absolute Gasteiger partial charge is 0.462 e. The number of hydrogen-bond acceptors (Lipinski definition) is 5. The fourth-order valence-corrected chi connectivity index (χ4v) is 6.40. The van der Waals surface area contributed by atoms with Gasteiger partial charge in [0.1, 0.15) is 6.61 Å². The molecule has 0 N–H and O–H groups in total. The summed E-state index contributed by atoms with van der Waals surface area (Å²) in [6.07, 6.45) is 53.9. The van der Waals surface area contributed by atoms with E-state index in [2.05, 4.69) is 69.4 Å². The van der Waals surface area contributed by atoms with Crippen molar-refractivity contribution in [3.05, 3.63) is 48.6 Å². The van der Waals surface area contributed by atoms with Gasteiger partial charge in [-0.05, 0) is 77.0 Å². The fraction of sp³-hybridized carbons (Fsp3) is 0.796. The SMILES string of the molecule is CC/C=C\C/C=C\C/C=C\CCCCCC(=O)OCC(COCCCCCCCCCCCCCC)OC(=O)CCCCCCC/C=C\CCCCCC. The second-order valence-corrected chi connectivity index (χ2v) is 15.3. The Kier molecular flexibility index (Phi) is 43.5. The van der Waals surface area contributed by atoms with Crippen molar-refractivity contribution in [1.29, 1.82) is 0 Å². The van der Waals surface area contributed by atoms with Crippen LogP contribution in [-0.4, -0.2) is 37.9 Å². The van der Waals surface area contributed by atoms with Crippen molar-refractivity contribution in [2.75, 3.05) is 19.8 Å². The molecule has 1 atom stereocenters. The molecular weight excluding hydrogens is 669 g/mol. The smallest absolute Gasteiger partial charge is 0.306 e. The molecule has 1 unspecified atom stereocenters. The Morgan fingerprint density at radius 1 is 0.426 bits per heavy atom. The van der Waals surface area contributed by atoms with E-state index in [9.17, 15) is 9.59 Å². The summed E-state index contributed by atoms with van der Waals surface area (Å²) in [5.41, 5.74) is 0. The van der Waals surface area contributed by atoms with Gasteiger partial charge in [-0.2, -0.15) is 0 Å². The van der Waals surface area contributed by atoms with E-state index in [0.717, 1.165) is 83.5 Å². The molecule has 5 heteroatoms. The molecule has 0 bridgehead atoms. The van der Waals surface area contributed by atoms with Crippen LogP contribution in [0, 0.1) is 0 Å². The number of allylic oxidation sites excluding steroid dienone is 8. The van der Waals surface area contributed by atoms with Crippen LogP contribution in [0.5, 0.6) is 0 Å². The van der Waals surface area contributed by atoms with Crippen LogP contribution in [0.2, 0.25) is 0 Å². The lowest BCUT2D eigenvalue weighted by Crippen LogP contribution is -2.30. The van der Waals surface area contributed by atoms with Crippen molar-refractivity contribution in [3.8, 4) is 0 Å². The average molecular weight is 757 g/mol. The van der Waals surface area contributed by atoms with Crippen LogP contribution in [-0.2, 0) is 23.8 Å². The minimum atomic E-state index is -0.547. The maximum Gasteiger partial charge on any atom is 0.306 e. The molecule has 54 heavy (non-hydrogen) atoms. The Morgan fingerprint density at radius 3 is 1.39 bits per heavy atom. The second kappa shape index (κ2) is 45.3. The van der Waals surface area contributed by atoms with Crippen LogP contribution < -0.4 is 0 Å². The van der Waals surface area contributed by atoms with E-state index in [-0.39, 0.29) is 25.2 Å². The number of ether oxygens (including phenoxy) is 3. The Balaban J connectivity index is 4.30. The monoisotopic (exact) mass is 757 g/mol. The molecule has 314 valence electrons. The van der Waals surface area contributed by atoms with Gasteiger partial charge in [0, 0.05) is 19.4 Å². The van der Waals surface area contributed by atoms with Gasteiger partial charge in [-0.1, -0.05) is 185 Å².